The van der Waals surface area contributed by atoms with E-state index in [1.165, 1.54) is 6.07 Å². The number of hydrogen-bond donors (Lipinski definition) is 1. The van der Waals surface area contributed by atoms with E-state index in [0.29, 0.717) is 15.8 Å². The average Bonchev–Trinajstić information content (AvgIpc) is 2.34. The number of ether oxygens (including phenoxy) is 1. The fourth-order valence-corrected chi connectivity index (χ4v) is 2.76. The van der Waals surface area contributed by atoms with Crippen LogP contribution in [0.25, 0.3) is 0 Å². The monoisotopic (exact) mass is 388 g/mol. The lowest BCUT2D eigenvalue weighted by Gasteiger charge is -2.14. The van der Waals surface area contributed by atoms with Crippen LogP contribution in [0.15, 0.2) is 45.3 Å². The molecule has 1 unspecified atom stereocenters. The van der Waals surface area contributed by atoms with Crippen molar-refractivity contribution >= 4 is 31.9 Å². The van der Waals surface area contributed by atoms with Gasteiger partial charge < -0.3 is 9.84 Å². The Morgan fingerprint density at radius 1 is 1.21 bits per heavy atom. The van der Waals surface area contributed by atoms with Crippen LogP contribution in [0.2, 0.25) is 0 Å². The summed E-state index contributed by atoms with van der Waals surface area (Å²) in [4.78, 5) is 0. The fourth-order valence-electron chi connectivity index (χ4n) is 1.63. The Kier molecular flexibility index (Phi) is 4.60. The predicted octanol–water partition coefficient (Wildman–Crippen LogP) is 5.20. The Labute approximate surface area is 127 Å². The summed E-state index contributed by atoms with van der Waals surface area (Å²) in [6.07, 6.45) is -0.806. The van der Waals surface area contributed by atoms with Crippen LogP contribution in [-0.2, 0) is 0 Å². The maximum atomic E-state index is 13.8. The quantitative estimate of drug-likeness (QED) is 0.781. The van der Waals surface area contributed by atoms with E-state index in [1.54, 1.807) is 37.3 Å². The summed E-state index contributed by atoms with van der Waals surface area (Å²) >= 11 is 6.69. The van der Waals surface area contributed by atoms with Gasteiger partial charge in [-0.25, -0.2) is 4.39 Å². The highest BCUT2D eigenvalue weighted by Gasteiger charge is 2.15. The van der Waals surface area contributed by atoms with Crippen molar-refractivity contribution in [3.05, 3.63) is 56.7 Å². The Morgan fingerprint density at radius 3 is 2.58 bits per heavy atom. The molecule has 0 spiro atoms. The Balaban J connectivity index is 2.43. The first-order valence-corrected chi connectivity index (χ1v) is 7.17. The molecule has 0 fully saturated rings. The topological polar surface area (TPSA) is 29.5 Å². The third kappa shape index (κ3) is 3.35. The average molecular weight is 390 g/mol. The van der Waals surface area contributed by atoms with Crippen LogP contribution in [-0.4, -0.2) is 5.11 Å². The first-order chi connectivity index (χ1) is 8.99. The number of benzene rings is 2. The molecule has 5 heteroatoms. The van der Waals surface area contributed by atoms with E-state index in [-0.39, 0.29) is 5.75 Å². The van der Waals surface area contributed by atoms with Gasteiger partial charge in [0.1, 0.15) is 5.75 Å². The lowest BCUT2D eigenvalue weighted by Crippen LogP contribution is -1.99. The van der Waals surface area contributed by atoms with Crippen LogP contribution >= 0.6 is 31.9 Å². The van der Waals surface area contributed by atoms with E-state index >= 15 is 0 Å². The smallest absolute Gasteiger partial charge is 0.168 e. The zero-order valence-corrected chi connectivity index (χ0v) is 13.2. The molecule has 2 aromatic rings. The molecule has 0 saturated carbocycles. The molecule has 2 rings (SSSR count). The number of aliphatic hydroxyl groups is 1. The molecule has 0 heterocycles. The number of para-hydroxylation sites is 1. The highest BCUT2D eigenvalue weighted by atomic mass is 79.9. The van der Waals surface area contributed by atoms with Crippen LogP contribution < -0.4 is 4.74 Å². The molecular weight excluding hydrogens is 379 g/mol. The van der Waals surface area contributed by atoms with Crippen LogP contribution in [0.4, 0.5) is 4.39 Å². The molecule has 0 aliphatic rings. The maximum Gasteiger partial charge on any atom is 0.168 e. The van der Waals surface area contributed by atoms with Crippen molar-refractivity contribution in [1.82, 2.24) is 0 Å². The Bertz CT molecular complexity index is 600. The second-order valence-corrected chi connectivity index (χ2v) is 5.78. The van der Waals surface area contributed by atoms with Gasteiger partial charge in [-0.2, -0.15) is 0 Å². The van der Waals surface area contributed by atoms with Crippen LogP contribution in [0, 0.1) is 5.82 Å². The predicted molar refractivity (Wildman–Crippen MR) is 78.9 cm³/mol. The van der Waals surface area contributed by atoms with Gasteiger partial charge in [0.15, 0.2) is 11.6 Å². The molecule has 2 nitrogen and oxygen atoms in total. The molecule has 0 aromatic heterocycles. The molecule has 19 heavy (non-hydrogen) atoms. The van der Waals surface area contributed by atoms with Crippen molar-refractivity contribution in [1.29, 1.82) is 0 Å². The van der Waals surface area contributed by atoms with Gasteiger partial charge in [-0.15, -0.1) is 0 Å². The van der Waals surface area contributed by atoms with E-state index < -0.39 is 11.9 Å². The highest BCUT2D eigenvalue weighted by molar-refractivity contribution is 9.11. The zero-order chi connectivity index (χ0) is 14.0. The van der Waals surface area contributed by atoms with Gasteiger partial charge >= 0.3 is 0 Å². The molecule has 2 aromatic carbocycles. The minimum atomic E-state index is -0.806. The van der Waals surface area contributed by atoms with Crippen LogP contribution in [0.1, 0.15) is 18.6 Å². The summed E-state index contributed by atoms with van der Waals surface area (Å²) in [6.45, 7) is 1.57. The van der Waals surface area contributed by atoms with Crippen molar-refractivity contribution < 1.29 is 14.2 Å². The van der Waals surface area contributed by atoms with E-state index in [0.717, 1.165) is 4.47 Å². The lowest BCUT2D eigenvalue weighted by molar-refractivity contribution is 0.194. The van der Waals surface area contributed by atoms with Gasteiger partial charge in [0, 0.05) is 10.0 Å². The van der Waals surface area contributed by atoms with Crippen molar-refractivity contribution in [2.75, 3.05) is 0 Å². The molecule has 0 radical (unpaired) electrons. The first-order valence-electron chi connectivity index (χ1n) is 5.58. The van der Waals surface area contributed by atoms with Gasteiger partial charge in [0.2, 0.25) is 0 Å². The SMILES string of the molecule is CC(O)c1cccc(F)c1Oc1ccc(Br)cc1Br. The number of halogens is 3. The molecule has 0 bridgehead atoms. The summed E-state index contributed by atoms with van der Waals surface area (Å²) in [5.74, 6) is 0.0175. The number of rotatable bonds is 3. The Hall–Kier alpha value is -0.910. The van der Waals surface area contributed by atoms with Gasteiger partial charge in [0.25, 0.3) is 0 Å². The summed E-state index contributed by atoms with van der Waals surface area (Å²) in [6, 6.07) is 9.79. The molecule has 0 aliphatic carbocycles. The number of hydrogen-bond acceptors (Lipinski definition) is 2. The van der Waals surface area contributed by atoms with Crippen LogP contribution in [0.5, 0.6) is 11.5 Å². The van der Waals surface area contributed by atoms with Gasteiger partial charge in [-0.1, -0.05) is 28.1 Å². The van der Waals surface area contributed by atoms with E-state index in [2.05, 4.69) is 31.9 Å². The molecule has 0 saturated heterocycles. The molecule has 0 aliphatic heterocycles. The second-order valence-electron chi connectivity index (χ2n) is 4.01. The standard InChI is InChI=1S/C14H11Br2FO2/c1-8(18)10-3-2-4-12(17)14(10)19-13-6-5-9(15)7-11(13)16/h2-8,18H,1H3. The van der Waals surface area contributed by atoms with Crippen molar-refractivity contribution in [3.63, 3.8) is 0 Å². The van der Waals surface area contributed by atoms with Crippen molar-refractivity contribution in [2.24, 2.45) is 0 Å². The van der Waals surface area contributed by atoms with E-state index in [9.17, 15) is 9.50 Å². The molecule has 1 atom stereocenters. The summed E-state index contributed by atoms with van der Waals surface area (Å²) < 4.78 is 21.0. The molecular formula is C14H11Br2FO2. The normalized spacial score (nSPS) is 12.3. The van der Waals surface area contributed by atoms with Crippen molar-refractivity contribution in [2.45, 2.75) is 13.0 Å². The highest BCUT2D eigenvalue weighted by Crippen LogP contribution is 2.36. The van der Waals surface area contributed by atoms with Gasteiger partial charge in [0.05, 0.1) is 10.6 Å². The summed E-state index contributed by atoms with van der Waals surface area (Å²) in [5, 5.41) is 9.65. The third-order valence-electron chi connectivity index (χ3n) is 2.55. The zero-order valence-electron chi connectivity index (χ0n) is 10.0. The van der Waals surface area contributed by atoms with Gasteiger partial charge in [-0.05, 0) is 47.1 Å². The van der Waals surface area contributed by atoms with E-state index in [4.69, 9.17) is 4.74 Å². The summed E-state index contributed by atoms with van der Waals surface area (Å²) in [5.41, 5.74) is 0.412. The Morgan fingerprint density at radius 2 is 1.95 bits per heavy atom. The summed E-state index contributed by atoms with van der Waals surface area (Å²) in [7, 11) is 0. The van der Waals surface area contributed by atoms with Gasteiger partial charge in [-0.3, -0.25) is 0 Å². The fraction of sp³-hybridized carbons (Fsp3) is 0.143. The minimum Gasteiger partial charge on any atom is -0.453 e. The van der Waals surface area contributed by atoms with E-state index in [1.807, 2.05) is 0 Å². The molecule has 0 amide bonds. The van der Waals surface area contributed by atoms with Crippen molar-refractivity contribution in [3.8, 4) is 11.5 Å². The molecule has 1 N–H and O–H groups in total. The maximum absolute atomic E-state index is 13.8. The third-order valence-corrected chi connectivity index (χ3v) is 3.67. The van der Waals surface area contributed by atoms with Crippen LogP contribution in [0.3, 0.4) is 0 Å². The second kappa shape index (κ2) is 6.03. The minimum absolute atomic E-state index is 0.0422. The first kappa shape index (κ1) is 14.5. The lowest BCUT2D eigenvalue weighted by atomic mass is 10.1. The largest absolute Gasteiger partial charge is 0.453 e. The number of aliphatic hydroxyl groups excluding tert-OH is 1. The molecule has 100 valence electrons.